The minimum Gasteiger partial charge on any atom is -0.363 e. The van der Waals surface area contributed by atoms with E-state index in [-0.39, 0.29) is 5.41 Å². The number of nitrogens with zero attached hydrogens (tertiary/aromatic N) is 2. The van der Waals surface area contributed by atoms with Crippen LogP contribution in [-0.2, 0) is 5.41 Å². The predicted octanol–water partition coefficient (Wildman–Crippen LogP) is 6.53. The topological polar surface area (TPSA) is 6.48 Å². The van der Waals surface area contributed by atoms with Crippen molar-refractivity contribution in [3.05, 3.63) is 83.4 Å². The molecule has 2 unspecified atom stereocenters. The zero-order chi connectivity index (χ0) is 22.2. The molecule has 2 aliphatic heterocycles. The number of aryl methyl sites for hydroxylation is 2. The SMILES string of the molecule is C=C(C)CN1c2c(C)cccc2C2(C)CN(CCCC(=C)c3ccc(C)cc3)CCC12. The van der Waals surface area contributed by atoms with Gasteiger partial charge in [0.2, 0.25) is 0 Å². The molecule has 0 aromatic heterocycles. The minimum atomic E-state index is 0.184. The summed E-state index contributed by atoms with van der Waals surface area (Å²) in [5.74, 6) is 0. The molecule has 4 rings (SSSR count). The molecule has 2 aromatic rings. The molecule has 0 aliphatic carbocycles. The normalized spacial score (nSPS) is 22.8. The fourth-order valence-corrected chi connectivity index (χ4v) is 5.81. The standard InChI is InChI=1S/C29H38N2/c1-21(2)19-31-27-16-18-30(17-8-10-23(4)25-14-12-22(3)13-15-25)20-29(27,6)26-11-7-9-24(5)28(26)31/h7,9,11-15,27H,1,4,8,10,16-20H2,2-3,5-6H3. The Kier molecular flexibility index (Phi) is 6.12. The average molecular weight is 415 g/mol. The van der Waals surface area contributed by atoms with Crippen LogP contribution >= 0.6 is 0 Å². The van der Waals surface area contributed by atoms with Crippen molar-refractivity contribution in [3.8, 4) is 0 Å². The van der Waals surface area contributed by atoms with Gasteiger partial charge in [-0.2, -0.15) is 0 Å². The molecule has 1 saturated heterocycles. The third kappa shape index (κ3) is 4.23. The Bertz CT molecular complexity index is 971. The van der Waals surface area contributed by atoms with Crippen LogP contribution in [0.4, 0.5) is 5.69 Å². The van der Waals surface area contributed by atoms with E-state index in [0.29, 0.717) is 6.04 Å². The third-order valence-electron chi connectivity index (χ3n) is 7.38. The summed E-state index contributed by atoms with van der Waals surface area (Å²) in [6, 6.07) is 16.2. The number of rotatable bonds is 7. The summed E-state index contributed by atoms with van der Waals surface area (Å²) in [4.78, 5) is 5.35. The zero-order valence-corrected chi connectivity index (χ0v) is 19.9. The summed E-state index contributed by atoms with van der Waals surface area (Å²) in [5, 5.41) is 0. The Morgan fingerprint density at radius 3 is 2.55 bits per heavy atom. The number of hydrogen-bond acceptors (Lipinski definition) is 2. The van der Waals surface area contributed by atoms with Crippen LogP contribution < -0.4 is 4.90 Å². The van der Waals surface area contributed by atoms with Gasteiger partial charge in [0.05, 0.1) is 0 Å². The summed E-state index contributed by atoms with van der Waals surface area (Å²) in [6.07, 6.45) is 3.46. The van der Waals surface area contributed by atoms with Crippen LogP contribution in [0.1, 0.15) is 55.4 Å². The van der Waals surface area contributed by atoms with Crippen LogP contribution in [-0.4, -0.2) is 37.1 Å². The highest BCUT2D eigenvalue weighted by atomic mass is 15.3. The molecular formula is C29H38N2. The van der Waals surface area contributed by atoms with Gasteiger partial charge in [0.1, 0.15) is 0 Å². The maximum Gasteiger partial charge on any atom is 0.0441 e. The highest BCUT2D eigenvalue weighted by Gasteiger charge is 2.50. The van der Waals surface area contributed by atoms with Gasteiger partial charge in [0.15, 0.2) is 0 Å². The number of fused-ring (bicyclic) bond motifs is 3. The Hall–Kier alpha value is -2.32. The molecule has 2 heterocycles. The Morgan fingerprint density at radius 1 is 1.10 bits per heavy atom. The fraction of sp³-hybridized carbons (Fsp3) is 0.448. The second-order valence-corrected chi connectivity index (χ2v) is 10.1. The molecule has 0 spiro atoms. The molecule has 2 heteroatoms. The Morgan fingerprint density at radius 2 is 1.84 bits per heavy atom. The Balaban J connectivity index is 1.44. The van der Waals surface area contributed by atoms with Crippen LogP contribution in [0.25, 0.3) is 5.57 Å². The van der Waals surface area contributed by atoms with Crippen LogP contribution in [0.5, 0.6) is 0 Å². The highest BCUT2D eigenvalue weighted by Crippen LogP contribution is 2.50. The van der Waals surface area contributed by atoms with Gasteiger partial charge in [-0.15, -0.1) is 0 Å². The summed E-state index contributed by atoms with van der Waals surface area (Å²) in [5.41, 5.74) is 9.68. The zero-order valence-electron chi connectivity index (χ0n) is 19.9. The molecular weight excluding hydrogens is 376 g/mol. The van der Waals surface area contributed by atoms with E-state index in [9.17, 15) is 0 Å². The van der Waals surface area contributed by atoms with Crippen molar-refractivity contribution in [2.75, 3.05) is 31.1 Å². The number of hydrogen-bond donors (Lipinski definition) is 0. The lowest BCUT2D eigenvalue weighted by molar-refractivity contribution is 0.141. The van der Waals surface area contributed by atoms with Crippen molar-refractivity contribution in [3.63, 3.8) is 0 Å². The summed E-state index contributed by atoms with van der Waals surface area (Å²) in [7, 11) is 0. The first-order chi connectivity index (χ1) is 14.8. The van der Waals surface area contributed by atoms with Crippen molar-refractivity contribution in [1.29, 1.82) is 0 Å². The number of para-hydroxylation sites is 1. The van der Waals surface area contributed by atoms with Crippen LogP contribution in [0.2, 0.25) is 0 Å². The molecule has 0 amide bonds. The molecule has 0 N–H and O–H groups in total. The van der Waals surface area contributed by atoms with E-state index in [1.54, 1.807) is 0 Å². The summed E-state index contributed by atoms with van der Waals surface area (Å²) < 4.78 is 0. The smallest absolute Gasteiger partial charge is 0.0441 e. The van der Waals surface area contributed by atoms with E-state index >= 15 is 0 Å². The van der Waals surface area contributed by atoms with Crippen molar-refractivity contribution >= 4 is 11.3 Å². The van der Waals surface area contributed by atoms with Crippen molar-refractivity contribution in [2.24, 2.45) is 0 Å². The third-order valence-corrected chi connectivity index (χ3v) is 7.38. The summed E-state index contributed by atoms with van der Waals surface area (Å²) in [6.45, 7) is 22.0. The summed E-state index contributed by atoms with van der Waals surface area (Å²) >= 11 is 0. The van der Waals surface area contributed by atoms with Crippen LogP contribution in [0.15, 0.2) is 61.2 Å². The second kappa shape index (κ2) is 8.67. The van der Waals surface area contributed by atoms with E-state index in [4.69, 9.17) is 0 Å². The van der Waals surface area contributed by atoms with Crippen LogP contribution in [0.3, 0.4) is 0 Å². The largest absolute Gasteiger partial charge is 0.363 e. The first-order valence-electron chi connectivity index (χ1n) is 11.8. The monoisotopic (exact) mass is 414 g/mol. The van der Waals surface area contributed by atoms with Gasteiger partial charge in [0.25, 0.3) is 0 Å². The van der Waals surface area contributed by atoms with E-state index in [1.807, 2.05) is 0 Å². The van der Waals surface area contributed by atoms with E-state index in [0.717, 1.165) is 26.1 Å². The number of allylic oxidation sites excluding steroid dienone is 1. The first kappa shape index (κ1) is 21.9. The van der Waals surface area contributed by atoms with Gasteiger partial charge in [-0.1, -0.05) is 73.7 Å². The van der Waals surface area contributed by atoms with Gasteiger partial charge in [0, 0.05) is 36.8 Å². The van der Waals surface area contributed by atoms with E-state index in [2.05, 4.69) is 93.1 Å². The molecule has 2 aromatic carbocycles. The van der Waals surface area contributed by atoms with Gasteiger partial charge >= 0.3 is 0 Å². The molecule has 164 valence electrons. The number of piperidine rings is 1. The quantitative estimate of drug-likeness (QED) is 0.476. The predicted molar refractivity (Wildman–Crippen MR) is 135 cm³/mol. The highest BCUT2D eigenvalue weighted by molar-refractivity contribution is 5.69. The second-order valence-electron chi connectivity index (χ2n) is 10.1. The molecule has 2 aliphatic rings. The van der Waals surface area contributed by atoms with Crippen molar-refractivity contribution in [1.82, 2.24) is 4.90 Å². The molecule has 2 nitrogen and oxygen atoms in total. The Labute approximate surface area is 189 Å². The molecule has 0 saturated carbocycles. The number of anilines is 1. The lowest BCUT2D eigenvalue weighted by atomic mass is 9.74. The van der Waals surface area contributed by atoms with Crippen molar-refractivity contribution in [2.45, 2.75) is 58.4 Å². The molecule has 1 fully saturated rings. The van der Waals surface area contributed by atoms with Gasteiger partial charge < -0.3 is 9.80 Å². The minimum absolute atomic E-state index is 0.184. The van der Waals surface area contributed by atoms with Crippen molar-refractivity contribution < 1.29 is 0 Å². The maximum absolute atomic E-state index is 4.35. The molecule has 0 bridgehead atoms. The van der Waals surface area contributed by atoms with E-state index < -0.39 is 0 Å². The fourth-order valence-electron chi connectivity index (χ4n) is 5.81. The maximum atomic E-state index is 4.35. The lowest BCUT2D eigenvalue weighted by Crippen LogP contribution is -2.55. The molecule has 0 radical (unpaired) electrons. The lowest BCUT2D eigenvalue weighted by Gasteiger charge is -2.45. The average Bonchev–Trinajstić information content (AvgIpc) is 2.97. The first-order valence-corrected chi connectivity index (χ1v) is 11.8. The molecule has 31 heavy (non-hydrogen) atoms. The number of benzene rings is 2. The molecule has 2 atom stereocenters. The number of likely N-dealkylation sites (tertiary alicyclic amines) is 1. The van der Waals surface area contributed by atoms with E-state index in [1.165, 1.54) is 58.5 Å². The van der Waals surface area contributed by atoms with Crippen LogP contribution in [0, 0.1) is 13.8 Å². The van der Waals surface area contributed by atoms with Gasteiger partial charge in [-0.05, 0) is 68.8 Å². The van der Waals surface area contributed by atoms with Gasteiger partial charge in [-0.25, -0.2) is 0 Å². The van der Waals surface area contributed by atoms with Gasteiger partial charge in [-0.3, -0.25) is 0 Å².